The highest BCUT2D eigenvalue weighted by Gasteiger charge is 2.09. The Morgan fingerprint density at radius 3 is 2.76 bits per heavy atom. The molecule has 1 rings (SSSR count). The van der Waals surface area contributed by atoms with Crippen LogP contribution in [0.2, 0.25) is 0 Å². The molecule has 1 aromatic rings. The van der Waals surface area contributed by atoms with E-state index in [0.29, 0.717) is 9.47 Å². The van der Waals surface area contributed by atoms with Crippen molar-refractivity contribution in [2.75, 3.05) is 11.1 Å². The number of primary amides is 1. The van der Waals surface area contributed by atoms with Crippen molar-refractivity contribution >= 4 is 40.2 Å². The Kier molecular flexibility index (Phi) is 5.16. The van der Waals surface area contributed by atoms with Gasteiger partial charge in [0.2, 0.25) is 11.0 Å². The number of nitrogens with one attached hydrogen (secondary N) is 2. The summed E-state index contributed by atoms with van der Waals surface area (Å²) in [4.78, 5) is 21.5. The number of nitrogens with two attached hydrogens (primary N) is 1. The fourth-order valence-corrected chi connectivity index (χ4v) is 2.57. The van der Waals surface area contributed by atoms with E-state index in [1.165, 1.54) is 23.1 Å². The van der Waals surface area contributed by atoms with E-state index in [9.17, 15) is 9.59 Å². The minimum absolute atomic E-state index is 0.0826. The van der Waals surface area contributed by atoms with E-state index < -0.39 is 11.9 Å². The minimum Gasteiger partial charge on any atom is -0.358 e. The Hall–Kier alpha value is -1.35. The van der Waals surface area contributed by atoms with Crippen LogP contribution in [0.25, 0.3) is 0 Å². The summed E-state index contributed by atoms with van der Waals surface area (Å²) in [6, 6.07) is -0.575. The number of anilines is 1. The number of hydrogen-bond donors (Lipinski definition) is 3. The number of carbonyl (C=O) groups excluding carboxylic acids is 2. The van der Waals surface area contributed by atoms with Gasteiger partial charge in [-0.05, 0) is 13.8 Å². The zero-order valence-corrected chi connectivity index (χ0v) is 11.0. The third kappa shape index (κ3) is 5.50. The fourth-order valence-electron chi connectivity index (χ4n) is 0.874. The molecule has 0 bridgehead atoms. The molecule has 0 atom stereocenters. The molecule has 0 unspecified atom stereocenters. The van der Waals surface area contributed by atoms with Crippen LogP contribution in [0.5, 0.6) is 0 Å². The van der Waals surface area contributed by atoms with Crippen LogP contribution in [0.1, 0.15) is 13.8 Å². The second kappa shape index (κ2) is 6.40. The molecule has 9 heteroatoms. The normalized spacial score (nSPS) is 10.3. The average Bonchev–Trinajstić information content (AvgIpc) is 2.60. The van der Waals surface area contributed by atoms with Crippen molar-refractivity contribution in [1.82, 2.24) is 15.5 Å². The van der Waals surface area contributed by atoms with E-state index in [2.05, 4.69) is 15.5 Å². The van der Waals surface area contributed by atoms with Crippen molar-refractivity contribution in [2.24, 2.45) is 5.73 Å². The first-order chi connectivity index (χ1) is 7.97. The van der Waals surface area contributed by atoms with Gasteiger partial charge >= 0.3 is 6.03 Å². The van der Waals surface area contributed by atoms with Crippen LogP contribution in [0.4, 0.5) is 9.93 Å². The van der Waals surface area contributed by atoms with Gasteiger partial charge in [0, 0.05) is 6.04 Å². The van der Waals surface area contributed by atoms with Crippen molar-refractivity contribution in [3.05, 3.63) is 0 Å². The SMILES string of the molecule is CC(C)Nc1nnc(SCC(=O)NC(N)=O)s1. The summed E-state index contributed by atoms with van der Waals surface area (Å²) in [6.07, 6.45) is 0. The summed E-state index contributed by atoms with van der Waals surface area (Å²) in [5, 5.41) is 13.6. The Morgan fingerprint density at radius 2 is 2.18 bits per heavy atom. The van der Waals surface area contributed by atoms with E-state index in [1.54, 1.807) is 0 Å². The van der Waals surface area contributed by atoms with Gasteiger partial charge in [0.25, 0.3) is 0 Å². The lowest BCUT2D eigenvalue weighted by molar-refractivity contribution is -0.117. The van der Waals surface area contributed by atoms with Crippen LogP contribution < -0.4 is 16.4 Å². The van der Waals surface area contributed by atoms with Crippen LogP contribution in [-0.2, 0) is 4.79 Å². The summed E-state index contributed by atoms with van der Waals surface area (Å²) in [5.74, 6) is -0.365. The minimum atomic E-state index is -0.852. The van der Waals surface area contributed by atoms with Crippen molar-refractivity contribution in [2.45, 2.75) is 24.2 Å². The number of carbonyl (C=O) groups is 2. The number of aromatic nitrogens is 2. The molecule has 1 aromatic heterocycles. The largest absolute Gasteiger partial charge is 0.358 e. The molecule has 0 saturated carbocycles. The van der Waals surface area contributed by atoms with Gasteiger partial charge in [-0.1, -0.05) is 23.1 Å². The van der Waals surface area contributed by atoms with E-state index in [0.717, 1.165) is 0 Å². The molecule has 7 nitrogen and oxygen atoms in total. The Morgan fingerprint density at radius 1 is 1.47 bits per heavy atom. The number of nitrogens with zero attached hydrogens (tertiary/aromatic N) is 2. The summed E-state index contributed by atoms with van der Waals surface area (Å²) in [5.41, 5.74) is 4.81. The Bertz CT molecular complexity index is 406. The number of imide groups is 1. The smallest absolute Gasteiger partial charge is 0.318 e. The first kappa shape index (κ1) is 13.7. The highest BCUT2D eigenvalue weighted by atomic mass is 32.2. The maximum Gasteiger partial charge on any atom is 0.318 e. The third-order valence-electron chi connectivity index (χ3n) is 1.41. The first-order valence-corrected chi connectivity index (χ1v) is 6.59. The van der Waals surface area contributed by atoms with Gasteiger partial charge in [-0.25, -0.2) is 4.79 Å². The van der Waals surface area contributed by atoms with Crippen molar-refractivity contribution < 1.29 is 9.59 Å². The number of thioether (sulfide) groups is 1. The molecule has 3 amide bonds. The first-order valence-electron chi connectivity index (χ1n) is 4.79. The highest BCUT2D eigenvalue weighted by Crippen LogP contribution is 2.25. The molecular weight excluding hydrogens is 262 g/mol. The van der Waals surface area contributed by atoms with Gasteiger partial charge in [0.15, 0.2) is 4.34 Å². The van der Waals surface area contributed by atoms with E-state index in [-0.39, 0.29) is 11.8 Å². The second-order valence-corrected chi connectivity index (χ2v) is 5.57. The van der Waals surface area contributed by atoms with Crippen LogP contribution in [-0.4, -0.2) is 33.9 Å². The van der Waals surface area contributed by atoms with Gasteiger partial charge in [-0.3, -0.25) is 10.1 Å². The number of urea groups is 1. The molecule has 0 aliphatic heterocycles. The molecule has 0 aliphatic carbocycles. The standard InChI is InChI=1S/C8H13N5O2S2/c1-4(2)10-7-12-13-8(17-7)16-3-5(14)11-6(9)15/h4H,3H2,1-2H3,(H,10,12)(H3,9,11,14,15). The molecule has 4 N–H and O–H groups in total. The topological polar surface area (TPSA) is 110 Å². The predicted molar refractivity (Wildman–Crippen MR) is 67.1 cm³/mol. The molecule has 0 saturated heterocycles. The predicted octanol–water partition coefficient (Wildman–Crippen LogP) is 0.645. The quantitative estimate of drug-likeness (QED) is 0.680. The van der Waals surface area contributed by atoms with Gasteiger partial charge in [-0.15, -0.1) is 10.2 Å². The average molecular weight is 275 g/mol. The van der Waals surface area contributed by atoms with Gasteiger partial charge < -0.3 is 11.1 Å². The highest BCUT2D eigenvalue weighted by molar-refractivity contribution is 8.01. The van der Waals surface area contributed by atoms with Crippen molar-refractivity contribution in [3.8, 4) is 0 Å². The van der Waals surface area contributed by atoms with Crippen LogP contribution in [0.3, 0.4) is 0 Å². The molecular formula is C8H13N5O2S2. The van der Waals surface area contributed by atoms with E-state index in [4.69, 9.17) is 5.73 Å². The zero-order valence-electron chi connectivity index (χ0n) is 9.39. The van der Waals surface area contributed by atoms with Crippen LogP contribution in [0.15, 0.2) is 4.34 Å². The van der Waals surface area contributed by atoms with Crippen LogP contribution in [0, 0.1) is 0 Å². The summed E-state index contributed by atoms with van der Waals surface area (Å²) >= 11 is 2.56. The fraction of sp³-hybridized carbons (Fsp3) is 0.500. The molecule has 94 valence electrons. The molecule has 0 fully saturated rings. The molecule has 0 aliphatic rings. The maximum absolute atomic E-state index is 11.1. The van der Waals surface area contributed by atoms with Crippen molar-refractivity contribution in [3.63, 3.8) is 0 Å². The van der Waals surface area contributed by atoms with Gasteiger partial charge in [-0.2, -0.15) is 0 Å². The molecule has 17 heavy (non-hydrogen) atoms. The Labute approximate surface area is 107 Å². The van der Waals surface area contributed by atoms with E-state index >= 15 is 0 Å². The molecule has 0 radical (unpaired) electrons. The Balaban J connectivity index is 2.39. The third-order valence-corrected chi connectivity index (χ3v) is 3.40. The number of amides is 3. The molecule has 0 spiro atoms. The van der Waals surface area contributed by atoms with Gasteiger partial charge in [0.1, 0.15) is 0 Å². The van der Waals surface area contributed by atoms with Crippen molar-refractivity contribution in [1.29, 1.82) is 0 Å². The maximum atomic E-state index is 11.1. The summed E-state index contributed by atoms with van der Waals surface area (Å²) < 4.78 is 0.660. The lowest BCUT2D eigenvalue weighted by atomic mass is 10.4. The summed E-state index contributed by atoms with van der Waals surface area (Å²) in [6.45, 7) is 3.99. The molecule has 0 aromatic carbocycles. The monoisotopic (exact) mass is 275 g/mol. The number of rotatable bonds is 5. The second-order valence-electron chi connectivity index (χ2n) is 3.37. The van der Waals surface area contributed by atoms with Gasteiger partial charge in [0.05, 0.1) is 5.75 Å². The summed E-state index contributed by atoms with van der Waals surface area (Å²) in [7, 11) is 0. The lowest BCUT2D eigenvalue weighted by Crippen LogP contribution is -2.36. The number of hydrogen-bond acceptors (Lipinski definition) is 7. The van der Waals surface area contributed by atoms with Crippen LogP contribution >= 0.6 is 23.1 Å². The lowest BCUT2D eigenvalue weighted by Gasteiger charge is -2.03. The zero-order chi connectivity index (χ0) is 12.8. The molecule has 1 heterocycles. The van der Waals surface area contributed by atoms with E-state index in [1.807, 2.05) is 19.2 Å².